The molecule has 1 aromatic carbocycles. The maximum absolute atomic E-state index is 12.2. The minimum Gasteiger partial charge on any atom is -0.461 e. The van der Waals surface area contributed by atoms with E-state index < -0.39 is 21.4 Å². The summed E-state index contributed by atoms with van der Waals surface area (Å²) in [7, 11) is -5.65. The fourth-order valence-electron chi connectivity index (χ4n) is 1.67. The third-order valence-electron chi connectivity index (χ3n) is 2.52. The number of rotatable bonds is 4. The molecule has 0 fully saturated rings. The highest BCUT2D eigenvalue weighted by molar-refractivity contribution is 7.88. The van der Waals surface area contributed by atoms with Gasteiger partial charge in [-0.1, -0.05) is 6.92 Å². The molecule has 0 saturated heterocycles. The Morgan fingerprint density at radius 1 is 1.25 bits per heavy atom. The quantitative estimate of drug-likeness (QED) is 0.639. The van der Waals surface area contributed by atoms with Gasteiger partial charge in [0.1, 0.15) is 17.1 Å². The third-order valence-corrected chi connectivity index (χ3v) is 3.50. The zero-order valence-electron chi connectivity index (χ0n) is 10.4. The molecule has 0 N–H and O–H groups in total. The molecule has 0 aliphatic heterocycles. The molecular weight excluding hydrogens is 297 g/mol. The maximum Gasteiger partial charge on any atom is 0.534 e. The molecule has 0 aliphatic rings. The summed E-state index contributed by atoms with van der Waals surface area (Å²) in [5, 5.41) is 0.489. The molecule has 0 unspecified atom stereocenters. The van der Waals surface area contributed by atoms with Gasteiger partial charge in [0.2, 0.25) is 0 Å². The number of furan rings is 1. The van der Waals surface area contributed by atoms with Gasteiger partial charge in [0.15, 0.2) is 0 Å². The van der Waals surface area contributed by atoms with Crippen LogP contribution < -0.4 is 4.18 Å². The fraction of sp³-hybridized carbons (Fsp3) is 0.333. The lowest BCUT2D eigenvalue weighted by molar-refractivity contribution is -0.0500. The average molecular weight is 308 g/mol. The van der Waals surface area contributed by atoms with Crippen LogP contribution in [-0.2, 0) is 16.5 Å². The van der Waals surface area contributed by atoms with E-state index in [0.29, 0.717) is 23.2 Å². The van der Waals surface area contributed by atoms with Crippen LogP contribution in [0.25, 0.3) is 11.0 Å². The van der Waals surface area contributed by atoms with E-state index in [1.54, 1.807) is 6.07 Å². The van der Waals surface area contributed by atoms with E-state index in [2.05, 4.69) is 4.18 Å². The lowest BCUT2D eigenvalue weighted by atomic mass is 10.2. The van der Waals surface area contributed by atoms with E-state index in [9.17, 15) is 21.6 Å². The fourth-order valence-corrected chi connectivity index (χ4v) is 2.12. The first-order valence-electron chi connectivity index (χ1n) is 5.76. The predicted molar refractivity (Wildman–Crippen MR) is 65.8 cm³/mol. The van der Waals surface area contributed by atoms with Gasteiger partial charge in [-0.05, 0) is 30.7 Å². The zero-order valence-corrected chi connectivity index (χ0v) is 11.2. The molecule has 0 aliphatic carbocycles. The van der Waals surface area contributed by atoms with Crippen LogP contribution in [0.3, 0.4) is 0 Å². The van der Waals surface area contributed by atoms with Crippen molar-refractivity contribution in [2.24, 2.45) is 0 Å². The van der Waals surface area contributed by atoms with Gasteiger partial charge in [-0.3, -0.25) is 0 Å². The van der Waals surface area contributed by atoms with E-state index in [-0.39, 0.29) is 0 Å². The Kier molecular flexibility index (Phi) is 3.68. The Labute approximate surface area is 113 Å². The topological polar surface area (TPSA) is 56.5 Å². The molecule has 8 heteroatoms. The molecular formula is C12H11F3O4S. The molecule has 0 spiro atoms. The van der Waals surface area contributed by atoms with Crippen molar-refractivity contribution in [1.82, 2.24) is 0 Å². The van der Waals surface area contributed by atoms with Gasteiger partial charge in [0.05, 0.1) is 0 Å². The van der Waals surface area contributed by atoms with E-state index in [1.165, 1.54) is 12.1 Å². The largest absolute Gasteiger partial charge is 0.534 e. The highest BCUT2D eigenvalue weighted by atomic mass is 32.2. The van der Waals surface area contributed by atoms with Crippen LogP contribution >= 0.6 is 0 Å². The summed E-state index contributed by atoms with van der Waals surface area (Å²) in [5.74, 6) is 0.275. The van der Waals surface area contributed by atoms with E-state index >= 15 is 0 Å². The van der Waals surface area contributed by atoms with Gasteiger partial charge in [-0.15, -0.1) is 0 Å². The predicted octanol–water partition coefficient (Wildman–Crippen LogP) is 3.61. The van der Waals surface area contributed by atoms with Crippen LogP contribution in [0.5, 0.6) is 5.75 Å². The number of hydrogen-bond acceptors (Lipinski definition) is 4. The average Bonchev–Trinajstić information content (AvgIpc) is 2.69. The second-order valence-electron chi connectivity index (χ2n) is 4.15. The lowest BCUT2D eigenvalue weighted by Crippen LogP contribution is -2.27. The zero-order chi connectivity index (χ0) is 15.0. The minimum absolute atomic E-state index is 0.404. The molecule has 4 nitrogen and oxygen atoms in total. The SMILES string of the molecule is CCCc1cc2cc(OS(=O)(=O)C(F)(F)F)ccc2o1. The summed E-state index contributed by atoms with van der Waals surface area (Å²) in [4.78, 5) is 0. The smallest absolute Gasteiger partial charge is 0.461 e. The summed E-state index contributed by atoms with van der Waals surface area (Å²) in [6.45, 7) is 1.96. The van der Waals surface area contributed by atoms with Crippen LogP contribution in [-0.4, -0.2) is 13.9 Å². The summed E-state index contributed by atoms with van der Waals surface area (Å²) in [5.41, 5.74) is -4.99. The first kappa shape index (κ1) is 14.7. The van der Waals surface area contributed by atoms with Crippen molar-refractivity contribution < 1.29 is 30.2 Å². The van der Waals surface area contributed by atoms with Crippen molar-refractivity contribution in [3.8, 4) is 5.75 Å². The van der Waals surface area contributed by atoms with Gasteiger partial charge in [-0.2, -0.15) is 21.6 Å². The standard InChI is InChI=1S/C12H11F3O4S/c1-2-3-9-6-8-7-10(4-5-11(8)18-9)19-20(16,17)12(13,14)15/h4-7H,2-3H2,1H3. The number of benzene rings is 1. The van der Waals surface area contributed by atoms with Gasteiger partial charge in [0, 0.05) is 11.8 Å². The maximum atomic E-state index is 12.2. The van der Waals surface area contributed by atoms with Crippen molar-refractivity contribution >= 4 is 21.1 Å². The number of alkyl halides is 3. The normalized spacial score (nSPS) is 12.8. The molecule has 0 amide bonds. The van der Waals surface area contributed by atoms with Crippen LogP contribution in [0.1, 0.15) is 19.1 Å². The summed E-state index contributed by atoms with van der Waals surface area (Å²) in [6.07, 6.45) is 1.54. The molecule has 2 aromatic rings. The molecule has 0 atom stereocenters. The highest BCUT2D eigenvalue weighted by Crippen LogP contribution is 2.30. The Balaban J connectivity index is 2.33. The summed E-state index contributed by atoms with van der Waals surface area (Å²) >= 11 is 0. The Hall–Kier alpha value is -1.70. The first-order valence-corrected chi connectivity index (χ1v) is 7.17. The number of hydrogen-bond donors (Lipinski definition) is 0. The van der Waals surface area contributed by atoms with Crippen molar-refractivity contribution in [2.45, 2.75) is 25.3 Å². The van der Waals surface area contributed by atoms with Gasteiger partial charge in [-0.25, -0.2) is 0 Å². The number of aryl methyl sites for hydroxylation is 1. The molecule has 0 bridgehead atoms. The molecule has 1 aromatic heterocycles. The Bertz CT molecular complexity index is 716. The second-order valence-corrected chi connectivity index (χ2v) is 5.68. The first-order chi connectivity index (χ1) is 9.23. The summed E-state index contributed by atoms with van der Waals surface area (Å²) in [6, 6.07) is 5.33. The van der Waals surface area contributed by atoms with Gasteiger partial charge >= 0.3 is 15.6 Å². The molecule has 0 saturated carbocycles. The second kappa shape index (κ2) is 5.01. The van der Waals surface area contributed by atoms with Crippen molar-refractivity contribution in [3.63, 3.8) is 0 Å². The monoisotopic (exact) mass is 308 g/mol. The lowest BCUT2D eigenvalue weighted by Gasteiger charge is -2.08. The number of fused-ring (bicyclic) bond motifs is 1. The van der Waals surface area contributed by atoms with Crippen LogP contribution in [0.2, 0.25) is 0 Å². The minimum atomic E-state index is -5.65. The molecule has 110 valence electrons. The summed E-state index contributed by atoms with van der Waals surface area (Å²) < 4.78 is 67.9. The van der Waals surface area contributed by atoms with Crippen molar-refractivity contribution in [2.75, 3.05) is 0 Å². The molecule has 1 heterocycles. The van der Waals surface area contributed by atoms with Gasteiger partial charge < -0.3 is 8.60 Å². The number of halogens is 3. The van der Waals surface area contributed by atoms with E-state index in [4.69, 9.17) is 4.42 Å². The molecule has 2 rings (SSSR count). The highest BCUT2D eigenvalue weighted by Gasteiger charge is 2.48. The van der Waals surface area contributed by atoms with E-state index in [1.807, 2.05) is 6.92 Å². The Morgan fingerprint density at radius 2 is 1.95 bits per heavy atom. The van der Waals surface area contributed by atoms with Crippen LogP contribution in [0, 0.1) is 0 Å². The molecule has 0 radical (unpaired) electrons. The van der Waals surface area contributed by atoms with Gasteiger partial charge in [0.25, 0.3) is 0 Å². The van der Waals surface area contributed by atoms with E-state index in [0.717, 1.165) is 12.5 Å². The van der Waals surface area contributed by atoms with Crippen molar-refractivity contribution in [1.29, 1.82) is 0 Å². The van der Waals surface area contributed by atoms with Crippen molar-refractivity contribution in [3.05, 3.63) is 30.0 Å². The Morgan fingerprint density at radius 3 is 2.55 bits per heavy atom. The molecule has 20 heavy (non-hydrogen) atoms. The third kappa shape index (κ3) is 2.90. The van der Waals surface area contributed by atoms with Crippen LogP contribution in [0.15, 0.2) is 28.7 Å². The van der Waals surface area contributed by atoms with Crippen LogP contribution in [0.4, 0.5) is 13.2 Å².